The second-order valence-electron chi connectivity index (χ2n) is 26.6. The van der Waals surface area contributed by atoms with Gasteiger partial charge in [-0.2, -0.15) is 0 Å². The molecule has 3 aliphatic heterocycles. The molecule has 3 aliphatic rings. The molecule has 3 heterocycles. The van der Waals surface area contributed by atoms with Gasteiger partial charge in [0.2, 0.25) is 53.2 Å². The lowest BCUT2D eigenvalue weighted by molar-refractivity contribution is -0.148. The van der Waals surface area contributed by atoms with E-state index in [4.69, 9.17) is 18.9 Å². The number of imide groups is 1. The third-order valence-electron chi connectivity index (χ3n) is 18.8. The molecule has 548 valence electrons. The van der Waals surface area contributed by atoms with Crippen LogP contribution in [0, 0.1) is 29.6 Å². The van der Waals surface area contributed by atoms with Crippen molar-refractivity contribution < 1.29 is 81.6 Å². The van der Waals surface area contributed by atoms with Crippen LogP contribution < -0.4 is 31.9 Å². The fourth-order valence-electron chi connectivity index (χ4n) is 12.7. The van der Waals surface area contributed by atoms with Crippen molar-refractivity contribution in [2.24, 2.45) is 29.6 Å². The summed E-state index contributed by atoms with van der Waals surface area (Å²) in [6, 6.07) is 12.7. The first-order chi connectivity index (χ1) is 47.1. The fraction of sp³-hybridized carbons (Fsp3) is 0.634. The maximum absolute atomic E-state index is 14.9. The Morgan fingerprint density at radius 3 is 1.86 bits per heavy atom. The number of hydrogen-bond donors (Lipinski definition) is 7. The number of amides is 11. The summed E-state index contributed by atoms with van der Waals surface area (Å²) < 4.78 is 23.6. The van der Waals surface area contributed by atoms with Crippen molar-refractivity contribution in [3.8, 4) is 0 Å². The molecule has 2 saturated heterocycles. The molecule has 7 N–H and O–H groups in total. The molecule has 28 heteroatoms. The molecule has 2 aromatic rings. The number of likely N-dealkylation sites (N-methyl/N-ethyl adjacent to an activating group) is 2. The Balaban J connectivity index is 1.12. The van der Waals surface area contributed by atoms with Crippen LogP contribution in [0.3, 0.4) is 0 Å². The van der Waals surface area contributed by atoms with E-state index in [1.165, 1.54) is 31.1 Å². The number of nitrogens with zero attached hydrogens (tertiary/aromatic N) is 5. The van der Waals surface area contributed by atoms with Crippen LogP contribution in [0.2, 0.25) is 0 Å². The second-order valence-corrected chi connectivity index (χ2v) is 26.6. The number of carbonyl (C=O) groups excluding carboxylic acids is 12. The van der Waals surface area contributed by atoms with Crippen molar-refractivity contribution in [1.29, 1.82) is 0 Å². The molecule has 0 unspecified atom stereocenters. The number of likely N-dealkylation sites (tertiary alicyclic amines) is 1. The maximum atomic E-state index is 14.9. The lowest BCUT2D eigenvalue weighted by Gasteiger charge is -2.41. The Hall–Kier alpha value is -8.02. The number of aliphatic hydroxyl groups excluding tert-OH is 1. The highest BCUT2D eigenvalue weighted by Gasteiger charge is 2.44. The van der Waals surface area contributed by atoms with Crippen LogP contribution in [-0.4, -0.2) is 256 Å². The van der Waals surface area contributed by atoms with Gasteiger partial charge in [-0.3, -0.25) is 67.3 Å². The first-order valence-electron chi connectivity index (χ1n) is 34.4. The number of methoxy groups -OCH3 is 2. The van der Waals surface area contributed by atoms with Crippen LogP contribution in [0.25, 0.3) is 0 Å². The SMILES string of the molecule is CC[C@H](C)[C@@H]([C@@H](CC(=O)N1CCC[C@@H]1[C@H](OC)[C@@H](C)C(=O)N[C@H](C)[C@@H](O)c1ccccc1)OC)N(C)C(=O)[C@@H](NC(=O)[C@H](C(C)C)N(C)C(=O)CNC(=O)[C@H](Cc1ccccc1)NC(=O)CNC(=O)CNC(=O)CCN1CCOCC(C(=O)CCN2C(=O)C=CC2=O)COCC1)C(C)C. The zero-order valence-electron chi connectivity index (χ0n) is 59.7. The number of Topliss-reactive ketones (excluding diaryl/α,β-unsaturated/α-hetero) is 1. The number of hydrogen-bond acceptors (Lipinski definition) is 18. The molecule has 11 amide bonds. The third kappa shape index (κ3) is 24.7. The molecule has 2 aromatic carbocycles. The monoisotopic (exact) mass is 1390 g/mol. The summed E-state index contributed by atoms with van der Waals surface area (Å²) in [5, 5.41) is 27.0. The zero-order chi connectivity index (χ0) is 73.0. The fourth-order valence-corrected chi connectivity index (χ4v) is 12.7. The van der Waals surface area contributed by atoms with Gasteiger partial charge in [0.25, 0.3) is 11.8 Å². The van der Waals surface area contributed by atoms with Crippen LogP contribution in [-0.2, 0) is 82.9 Å². The van der Waals surface area contributed by atoms with E-state index in [1.807, 2.05) is 36.9 Å². The van der Waals surface area contributed by atoms with E-state index in [1.54, 1.807) is 96.0 Å². The van der Waals surface area contributed by atoms with Gasteiger partial charge < -0.3 is 70.7 Å². The smallest absolute Gasteiger partial charge is 0.253 e. The van der Waals surface area contributed by atoms with Gasteiger partial charge in [0, 0.05) is 92.5 Å². The van der Waals surface area contributed by atoms with E-state index in [-0.39, 0.29) is 82.2 Å². The molecule has 2 fully saturated rings. The summed E-state index contributed by atoms with van der Waals surface area (Å²) in [5.41, 5.74) is 1.33. The normalized spacial score (nSPS) is 18.6. The highest BCUT2D eigenvalue weighted by molar-refractivity contribution is 6.13. The van der Waals surface area contributed by atoms with Crippen LogP contribution in [0.4, 0.5) is 0 Å². The van der Waals surface area contributed by atoms with Gasteiger partial charge in [-0.25, -0.2) is 0 Å². The van der Waals surface area contributed by atoms with Crippen molar-refractivity contribution in [3.63, 3.8) is 0 Å². The zero-order valence-corrected chi connectivity index (χ0v) is 59.7. The largest absolute Gasteiger partial charge is 0.386 e. The lowest BCUT2D eigenvalue weighted by Crippen LogP contribution is -2.61. The Labute approximate surface area is 582 Å². The second kappa shape index (κ2) is 40.9. The minimum absolute atomic E-state index is 0.000496. The average molecular weight is 1390 g/mol. The summed E-state index contributed by atoms with van der Waals surface area (Å²) in [4.78, 5) is 169. The van der Waals surface area contributed by atoms with E-state index < -0.39 is 151 Å². The van der Waals surface area contributed by atoms with Crippen LogP contribution in [0.5, 0.6) is 0 Å². The number of benzene rings is 2. The van der Waals surface area contributed by atoms with Crippen molar-refractivity contribution >= 4 is 70.8 Å². The van der Waals surface area contributed by atoms with Gasteiger partial charge in [0.15, 0.2) is 0 Å². The molecule has 0 spiro atoms. The highest BCUT2D eigenvalue weighted by atomic mass is 16.5. The van der Waals surface area contributed by atoms with Gasteiger partial charge in [-0.15, -0.1) is 0 Å². The number of carbonyl (C=O) groups is 12. The van der Waals surface area contributed by atoms with Gasteiger partial charge >= 0.3 is 0 Å². The summed E-state index contributed by atoms with van der Waals surface area (Å²) in [5.74, 6) is -8.43. The van der Waals surface area contributed by atoms with Gasteiger partial charge in [-0.05, 0) is 48.6 Å². The van der Waals surface area contributed by atoms with Crippen molar-refractivity contribution in [2.75, 3.05) is 107 Å². The minimum atomic E-state index is -1.23. The number of ether oxygens (including phenoxy) is 4. The van der Waals surface area contributed by atoms with Crippen LogP contribution in [0.15, 0.2) is 72.8 Å². The van der Waals surface area contributed by atoms with Crippen molar-refractivity contribution in [2.45, 2.75) is 155 Å². The molecule has 99 heavy (non-hydrogen) atoms. The molecule has 0 radical (unpaired) electrons. The molecule has 11 atom stereocenters. The standard InChI is InChI=1S/C71H107N11O17/c1-13-46(6)65(55(96-11)38-61(89)81-30-20-25-53(81)67(97-12)47(7)68(92)75-48(8)66(91)50-23-18-15-19-24-50)79(10)71(95)63(44(2)3)77-70(94)64(45(4)5)78(9)62(90)41-74-69(93)52(37-49-21-16-14-17-22-49)76-58(86)40-73-57(85)39-72-56(84)29-31-80-33-35-98-42-51(43-99-36-34-80)54(83)28-32-82-59(87)26-27-60(82)88/h14-19,21-24,26-27,44-48,51-53,55,63-67,91H,13,20,25,28-43H2,1-12H3,(H,72,84)(H,73,85)(H,74,93)(H,75,92)(H,76,86)(H,77,94)/t46-,47+,48+,52-,53+,55+,63-,64-,65-,66+,67+/m0/s1. The molecule has 0 aromatic heterocycles. The van der Waals surface area contributed by atoms with Gasteiger partial charge in [-0.1, -0.05) is 116 Å². The van der Waals surface area contributed by atoms with E-state index in [9.17, 15) is 62.6 Å². The molecule has 0 aliphatic carbocycles. The molecule has 0 bridgehead atoms. The Morgan fingerprint density at radius 2 is 1.27 bits per heavy atom. The Morgan fingerprint density at radius 1 is 0.667 bits per heavy atom. The van der Waals surface area contributed by atoms with E-state index in [2.05, 4.69) is 31.9 Å². The molecule has 0 saturated carbocycles. The van der Waals surface area contributed by atoms with E-state index in [0.29, 0.717) is 56.6 Å². The van der Waals surface area contributed by atoms with E-state index in [0.717, 1.165) is 17.1 Å². The minimum Gasteiger partial charge on any atom is -0.386 e. The van der Waals surface area contributed by atoms with Crippen molar-refractivity contribution in [1.82, 2.24) is 56.4 Å². The maximum Gasteiger partial charge on any atom is 0.253 e. The van der Waals surface area contributed by atoms with Crippen LogP contribution >= 0.6 is 0 Å². The predicted octanol–water partition coefficient (Wildman–Crippen LogP) is 1.08. The summed E-state index contributed by atoms with van der Waals surface area (Å²) in [7, 11) is 6.03. The van der Waals surface area contributed by atoms with Crippen molar-refractivity contribution in [3.05, 3.63) is 83.9 Å². The number of aliphatic hydroxyl groups is 1. The third-order valence-corrected chi connectivity index (χ3v) is 18.8. The molecule has 5 rings (SSSR count). The molecular weight excluding hydrogens is 1280 g/mol. The highest BCUT2D eigenvalue weighted by Crippen LogP contribution is 2.30. The number of rotatable bonds is 37. The average Bonchev–Trinajstić information content (AvgIpc) is 1.77. The number of nitrogens with one attached hydrogen (secondary N) is 6. The predicted molar refractivity (Wildman–Crippen MR) is 366 cm³/mol. The Kier molecular flexibility index (Phi) is 33.7. The number of ketones is 1. The quantitative estimate of drug-likeness (QED) is 0.0466. The first-order valence-corrected chi connectivity index (χ1v) is 34.4. The molecule has 28 nitrogen and oxygen atoms in total. The van der Waals surface area contributed by atoms with Gasteiger partial charge in [0.1, 0.15) is 23.9 Å². The van der Waals surface area contributed by atoms with Crippen LogP contribution in [0.1, 0.15) is 111 Å². The summed E-state index contributed by atoms with van der Waals surface area (Å²) in [6.45, 7) is 15.1. The Bertz CT molecular complexity index is 3040. The summed E-state index contributed by atoms with van der Waals surface area (Å²) in [6.07, 6.45) is 1.64. The lowest BCUT2D eigenvalue weighted by atomic mass is 9.89. The summed E-state index contributed by atoms with van der Waals surface area (Å²) >= 11 is 0. The van der Waals surface area contributed by atoms with Gasteiger partial charge in [0.05, 0.1) is 101 Å². The topological polar surface area (TPSA) is 350 Å². The first kappa shape index (κ1) is 81.7. The molecular formula is C71H107N11O17. The van der Waals surface area contributed by atoms with E-state index >= 15 is 0 Å².